The van der Waals surface area contributed by atoms with E-state index < -0.39 is 0 Å². The Hall–Kier alpha value is -2.74. The second kappa shape index (κ2) is 8.77. The van der Waals surface area contributed by atoms with Crippen LogP contribution in [0.15, 0.2) is 35.4 Å². The van der Waals surface area contributed by atoms with Gasteiger partial charge in [0.15, 0.2) is 0 Å². The van der Waals surface area contributed by atoms with Crippen molar-refractivity contribution in [1.29, 1.82) is 0 Å². The van der Waals surface area contributed by atoms with Crippen LogP contribution in [0.1, 0.15) is 18.4 Å². The van der Waals surface area contributed by atoms with Crippen LogP contribution in [0.3, 0.4) is 0 Å². The Morgan fingerprint density at radius 1 is 1.07 bits per heavy atom. The van der Waals surface area contributed by atoms with Gasteiger partial charge in [0.1, 0.15) is 5.71 Å². The summed E-state index contributed by atoms with van der Waals surface area (Å²) in [5.41, 5.74) is 1.50. The van der Waals surface area contributed by atoms with Gasteiger partial charge in [-0.15, -0.1) is 0 Å². The van der Waals surface area contributed by atoms with E-state index in [9.17, 15) is 14.4 Å². The SMILES string of the molecule is CN1N=C(C(=O)N2CCN(CC(=O)NCc3ccccc3)CC2)CCC1=O. The van der Waals surface area contributed by atoms with Crippen LogP contribution in [0.4, 0.5) is 0 Å². The first-order valence-corrected chi connectivity index (χ1v) is 9.19. The molecule has 144 valence electrons. The number of carbonyl (C=O) groups excluding carboxylic acids is 3. The van der Waals surface area contributed by atoms with Crippen LogP contribution in [0.25, 0.3) is 0 Å². The summed E-state index contributed by atoms with van der Waals surface area (Å²) in [6.45, 7) is 3.25. The van der Waals surface area contributed by atoms with E-state index in [1.165, 1.54) is 5.01 Å². The molecule has 0 radical (unpaired) electrons. The molecular formula is C19H25N5O3. The number of nitrogens with zero attached hydrogens (tertiary/aromatic N) is 4. The number of hydrazone groups is 1. The summed E-state index contributed by atoms with van der Waals surface area (Å²) in [5.74, 6) is -0.198. The molecule has 8 nitrogen and oxygen atoms in total. The molecule has 2 heterocycles. The van der Waals surface area contributed by atoms with Gasteiger partial charge < -0.3 is 10.2 Å². The largest absolute Gasteiger partial charge is 0.351 e. The van der Waals surface area contributed by atoms with Gasteiger partial charge in [0.2, 0.25) is 11.8 Å². The van der Waals surface area contributed by atoms with Crippen molar-refractivity contribution in [3.05, 3.63) is 35.9 Å². The summed E-state index contributed by atoms with van der Waals surface area (Å²) in [5, 5.41) is 8.25. The fourth-order valence-corrected chi connectivity index (χ4v) is 3.17. The maximum absolute atomic E-state index is 12.6. The molecule has 0 saturated carbocycles. The molecule has 8 heteroatoms. The van der Waals surface area contributed by atoms with Crippen molar-refractivity contribution in [3.8, 4) is 0 Å². The Balaban J connectivity index is 1.42. The zero-order valence-electron chi connectivity index (χ0n) is 15.6. The van der Waals surface area contributed by atoms with Crippen LogP contribution in [0, 0.1) is 0 Å². The highest BCUT2D eigenvalue weighted by Gasteiger charge is 2.28. The molecule has 1 fully saturated rings. The van der Waals surface area contributed by atoms with Gasteiger partial charge in [-0.25, -0.2) is 5.01 Å². The normalized spacial score (nSPS) is 18.3. The zero-order chi connectivity index (χ0) is 19.2. The molecule has 2 aliphatic rings. The van der Waals surface area contributed by atoms with Crippen molar-refractivity contribution in [2.45, 2.75) is 19.4 Å². The summed E-state index contributed by atoms with van der Waals surface area (Å²) in [4.78, 5) is 39.9. The van der Waals surface area contributed by atoms with Crippen LogP contribution < -0.4 is 5.32 Å². The first-order chi connectivity index (χ1) is 13.0. The van der Waals surface area contributed by atoms with E-state index in [2.05, 4.69) is 10.4 Å². The predicted octanol–water partition coefficient (Wildman–Crippen LogP) is 0.0552. The summed E-state index contributed by atoms with van der Waals surface area (Å²) in [6.07, 6.45) is 0.715. The number of amides is 3. The molecule has 1 aromatic carbocycles. The number of hydrogen-bond acceptors (Lipinski definition) is 5. The number of rotatable bonds is 5. The van der Waals surface area contributed by atoms with Gasteiger partial charge >= 0.3 is 0 Å². The molecule has 1 aromatic rings. The van der Waals surface area contributed by atoms with E-state index in [1.54, 1.807) is 11.9 Å². The first kappa shape index (κ1) is 19.0. The second-order valence-electron chi connectivity index (χ2n) is 6.79. The van der Waals surface area contributed by atoms with Gasteiger partial charge in [-0.2, -0.15) is 5.10 Å². The molecule has 0 aromatic heterocycles. The lowest BCUT2D eigenvalue weighted by atomic mass is 10.1. The molecule has 3 rings (SSSR count). The lowest BCUT2D eigenvalue weighted by molar-refractivity contribution is -0.131. The number of hydrogen-bond donors (Lipinski definition) is 1. The Morgan fingerprint density at radius 2 is 1.78 bits per heavy atom. The van der Waals surface area contributed by atoms with E-state index in [0.29, 0.717) is 57.8 Å². The van der Waals surface area contributed by atoms with Crippen LogP contribution in [-0.4, -0.2) is 78.0 Å². The quantitative estimate of drug-likeness (QED) is 0.793. The Kier molecular flexibility index (Phi) is 6.18. The van der Waals surface area contributed by atoms with Crippen molar-refractivity contribution < 1.29 is 14.4 Å². The Morgan fingerprint density at radius 3 is 2.44 bits per heavy atom. The lowest BCUT2D eigenvalue weighted by Crippen LogP contribution is -2.53. The average molecular weight is 371 g/mol. The standard InChI is InChI=1S/C19H25N5O3/c1-22-18(26)8-7-16(21-22)19(27)24-11-9-23(10-12-24)14-17(25)20-13-15-5-3-2-4-6-15/h2-6H,7-14H2,1H3,(H,20,25). The van der Waals surface area contributed by atoms with Gasteiger partial charge in [0.25, 0.3) is 5.91 Å². The molecule has 1 saturated heterocycles. The maximum atomic E-state index is 12.6. The second-order valence-corrected chi connectivity index (χ2v) is 6.79. The van der Waals surface area contributed by atoms with E-state index in [1.807, 2.05) is 35.2 Å². The number of nitrogens with one attached hydrogen (secondary N) is 1. The van der Waals surface area contributed by atoms with E-state index in [4.69, 9.17) is 0 Å². The lowest BCUT2D eigenvalue weighted by Gasteiger charge is -2.35. The average Bonchev–Trinajstić information content (AvgIpc) is 2.69. The van der Waals surface area contributed by atoms with Crippen LogP contribution in [0.5, 0.6) is 0 Å². The summed E-state index contributed by atoms with van der Waals surface area (Å²) in [6, 6.07) is 9.79. The highest BCUT2D eigenvalue weighted by Crippen LogP contribution is 2.11. The summed E-state index contributed by atoms with van der Waals surface area (Å²) >= 11 is 0. The zero-order valence-corrected chi connectivity index (χ0v) is 15.6. The fraction of sp³-hybridized carbons (Fsp3) is 0.474. The van der Waals surface area contributed by atoms with Gasteiger partial charge in [0.05, 0.1) is 6.54 Å². The molecular weight excluding hydrogens is 346 g/mol. The van der Waals surface area contributed by atoms with Crippen LogP contribution >= 0.6 is 0 Å². The van der Waals surface area contributed by atoms with Crippen molar-refractivity contribution in [2.75, 3.05) is 39.8 Å². The molecule has 0 spiro atoms. The molecule has 2 aliphatic heterocycles. The van der Waals surface area contributed by atoms with Gasteiger partial charge in [-0.1, -0.05) is 30.3 Å². The van der Waals surface area contributed by atoms with E-state index >= 15 is 0 Å². The van der Waals surface area contributed by atoms with Gasteiger partial charge in [-0.05, 0) is 5.56 Å². The summed E-state index contributed by atoms with van der Waals surface area (Å²) < 4.78 is 0. The third kappa shape index (κ3) is 5.13. The topological polar surface area (TPSA) is 85.3 Å². The van der Waals surface area contributed by atoms with Crippen LogP contribution in [-0.2, 0) is 20.9 Å². The highest BCUT2D eigenvalue weighted by molar-refractivity contribution is 6.39. The van der Waals surface area contributed by atoms with Gasteiger partial charge in [0, 0.05) is 52.6 Å². The van der Waals surface area contributed by atoms with Gasteiger partial charge in [-0.3, -0.25) is 19.3 Å². The molecule has 0 aliphatic carbocycles. The van der Waals surface area contributed by atoms with E-state index in [-0.39, 0.29) is 17.7 Å². The molecule has 1 N–H and O–H groups in total. The Bertz CT molecular complexity index is 726. The third-order valence-corrected chi connectivity index (χ3v) is 4.81. The first-order valence-electron chi connectivity index (χ1n) is 9.19. The minimum absolute atomic E-state index is 0.0181. The molecule has 0 atom stereocenters. The fourth-order valence-electron chi connectivity index (χ4n) is 3.17. The third-order valence-electron chi connectivity index (χ3n) is 4.81. The smallest absolute Gasteiger partial charge is 0.270 e. The molecule has 3 amide bonds. The summed E-state index contributed by atoms with van der Waals surface area (Å²) in [7, 11) is 1.57. The van der Waals surface area contributed by atoms with Crippen molar-refractivity contribution >= 4 is 23.4 Å². The maximum Gasteiger partial charge on any atom is 0.270 e. The highest BCUT2D eigenvalue weighted by atomic mass is 16.2. The molecule has 27 heavy (non-hydrogen) atoms. The monoisotopic (exact) mass is 371 g/mol. The predicted molar refractivity (Wildman–Crippen MR) is 101 cm³/mol. The minimum Gasteiger partial charge on any atom is -0.351 e. The van der Waals surface area contributed by atoms with Crippen molar-refractivity contribution in [1.82, 2.24) is 20.1 Å². The van der Waals surface area contributed by atoms with Crippen molar-refractivity contribution in [2.24, 2.45) is 5.10 Å². The van der Waals surface area contributed by atoms with Crippen LogP contribution in [0.2, 0.25) is 0 Å². The Labute approximate surface area is 158 Å². The molecule has 0 unspecified atom stereocenters. The van der Waals surface area contributed by atoms with Crippen molar-refractivity contribution in [3.63, 3.8) is 0 Å². The van der Waals surface area contributed by atoms with E-state index in [0.717, 1.165) is 5.56 Å². The number of carbonyl (C=O) groups is 3. The number of piperazine rings is 1. The molecule has 0 bridgehead atoms. The minimum atomic E-state index is -0.109. The number of benzene rings is 1.